The van der Waals surface area contributed by atoms with E-state index in [1.807, 2.05) is 11.8 Å². The van der Waals surface area contributed by atoms with Crippen LogP contribution in [0.15, 0.2) is 23.1 Å². The molecule has 1 amide bonds. The molecule has 3 heterocycles. The Hall–Kier alpha value is -2.44. The van der Waals surface area contributed by atoms with Crippen LogP contribution < -0.4 is 5.56 Å². The van der Waals surface area contributed by atoms with Crippen molar-refractivity contribution in [3.63, 3.8) is 0 Å². The van der Waals surface area contributed by atoms with Crippen LogP contribution in [0.4, 0.5) is 0 Å². The smallest absolute Gasteiger partial charge is 0.264 e. The maximum atomic E-state index is 12.8. The standard InChI is InChI=1S/C18H25N5O2/c1-12(2)10-14-6-8-22(9-7-14)18(25)15-11-19-23(13(15)3)16-4-5-17(24)21-20-16/h4-5,11-12,14H,6-10H2,1-3H3,(H,21,24). The number of nitrogens with one attached hydrogen (secondary N) is 1. The van der Waals surface area contributed by atoms with E-state index in [4.69, 9.17) is 0 Å². The molecule has 0 aromatic carbocycles. The van der Waals surface area contributed by atoms with E-state index in [9.17, 15) is 9.59 Å². The number of amides is 1. The van der Waals surface area contributed by atoms with E-state index in [2.05, 4.69) is 29.1 Å². The highest BCUT2D eigenvalue weighted by Gasteiger charge is 2.26. The van der Waals surface area contributed by atoms with Crippen LogP contribution in [-0.4, -0.2) is 43.9 Å². The van der Waals surface area contributed by atoms with Crippen LogP contribution >= 0.6 is 0 Å². The molecule has 7 heteroatoms. The van der Waals surface area contributed by atoms with Crippen molar-refractivity contribution in [2.24, 2.45) is 11.8 Å². The van der Waals surface area contributed by atoms with E-state index in [1.54, 1.807) is 16.9 Å². The number of H-pyrrole nitrogens is 1. The lowest BCUT2D eigenvalue weighted by atomic mass is 9.88. The highest BCUT2D eigenvalue weighted by Crippen LogP contribution is 2.25. The number of hydrogen-bond donors (Lipinski definition) is 1. The van der Waals surface area contributed by atoms with Crippen molar-refractivity contribution in [2.75, 3.05) is 13.1 Å². The number of carbonyl (C=O) groups excluding carboxylic acids is 1. The number of rotatable bonds is 4. The fourth-order valence-electron chi connectivity index (χ4n) is 3.51. The molecular weight excluding hydrogens is 318 g/mol. The SMILES string of the molecule is Cc1c(C(=O)N2CCC(CC(C)C)CC2)cnn1-c1ccc(=O)[nH]n1. The van der Waals surface area contributed by atoms with Crippen molar-refractivity contribution < 1.29 is 4.79 Å². The molecule has 2 aromatic rings. The van der Waals surface area contributed by atoms with Crippen molar-refractivity contribution in [1.29, 1.82) is 0 Å². The van der Waals surface area contributed by atoms with Crippen molar-refractivity contribution >= 4 is 5.91 Å². The number of piperidine rings is 1. The molecule has 1 saturated heterocycles. The fraction of sp³-hybridized carbons (Fsp3) is 0.556. The summed E-state index contributed by atoms with van der Waals surface area (Å²) in [7, 11) is 0. The van der Waals surface area contributed by atoms with Gasteiger partial charge in [-0.3, -0.25) is 9.59 Å². The van der Waals surface area contributed by atoms with Crippen LogP contribution in [0.25, 0.3) is 5.82 Å². The van der Waals surface area contributed by atoms with Gasteiger partial charge in [-0.05, 0) is 44.1 Å². The van der Waals surface area contributed by atoms with E-state index in [-0.39, 0.29) is 11.5 Å². The largest absolute Gasteiger partial charge is 0.339 e. The number of carbonyl (C=O) groups is 1. The van der Waals surface area contributed by atoms with Gasteiger partial charge < -0.3 is 4.90 Å². The zero-order chi connectivity index (χ0) is 18.0. The molecule has 1 aliphatic heterocycles. The lowest BCUT2D eigenvalue weighted by Crippen LogP contribution is -2.38. The Kier molecular flexibility index (Phi) is 5.01. The van der Waals surface area contributed by atoms with Gasteiger partial charge in [0.05, 0.1) is 17.5 Å². The molecule has 134 valence electrons. The Balaban J connectivity index is 1.71. The second-order valence-electron chi connectivity index (χ2n) is 7.20. The van der Waals surface area contributed by atoms with Crippen molar-refractivity contribution in [3.8, 4) is 5.82 Å². The Labute approximate surface area is 147 Å². The van der Waals surface area contributed by atoms with Crippen molar-refractivity contribution in [2.45, 2.75) is 40.0 Å². The van der Waals surface area contributed by atoms with Gasteiger partial charge in [0.25, 0.3) is 11.5 Å². The van der Waals surface area contributed by atoms with E-state index in [0.717, 1.165) is 37.5 Å². The summed E-state index contributed by atoms with van der Waals surface area (Å²) in [6.45, 7) is 7.95. The van der Waals surface area contributed by atoms with Crippen molar-refractivity contribution in [1.82, 2.24) is 24.9 Å². The molecule has 0 atom stereocenters. The first-order chi connectivity index (χ1) is 12.0. The van der Waals surface area contributed by atoms with E-state index >= 15 is 0 Å². The maximum absolute atomic E-state index is 12.8. The van der Waals surface area contributed by atoms with Gasteiger partial charge in [0, 0.05) is 19.2 Å². The minimum absolute atomic E-state index is 0.0242. The van der Waals surface area contributed by atoms with Gasteiger partial charge in [-0.25, -0.2) is 9.78 Å². The van der Waals surface area contributed by atoms with E-state index < -0.39 is 0 Å². The number of likely N-dealkylation sites (tertiary alicyclic amines) is 1. The Bertz CT molecular complexity index is 780. The highest BCUT2D eigenvalue weighted by molar-refractivity contribution is 5.95. The molecule has 25 heavy (non-hydrogen) atoms. The van der Waals surface area contributed by atoms with E-state index in [0.29, 0.717) is 17.3 Å². The van der Waals surface area contributed by atoms with Crippen LogP contribution in [0, 0.1) is 18.8 Å². The molecule has 1 N–H and O–H groups in total. The van der Waals surface area contributed by atoms with Gasteiger partial charge in [-0.1, -0.05) is 13.8 Å². The molecule has 0 spiro atoms. The molecule has 0 bridgehead atoms. The van der Waals surface area contributed by atoms with Gasteiger partial charge >= 0.3 is 0 Å². The zero-order valence-corrected chi connectivity index (χ0v) is 15.0. The molecule has 0 unspecified atom stereocenters. The third-order valence-corrected chi connectivity index (χ3v) is 4.83. The van der Waals surface area contributed by atoms with Crippen LogP contribution in [0.2, 0.25) is 0 Å². The van der Waals surface area contributed by atoms with Gasteiger partial charge in [-0.15, -0.1) is 0 Å². The minimum atomic E-state index is -0.269. The average molecular weight is 343 g/mol. The summed E-state index contributed by atoms with van der Waals surface area (Å²) in [6.07, 6.45) is 4.96. The van der Waals surface area contributed by atoms with Crippen LogP contribution in [0.1, 0.15) is 49.2 Å². The van der Waals surface area contributed by atoms with Gasteiger partial charge in [0.15, 0.2) is 5.82 Å². The average Bonchev–Trinajstić information content (AvgIpc) is 2.97. The Morgan fingerprint density at radius 3 is 2.64 bits per heavy atom. The summed E-state index contributed by atoms with van der Waals surface area (Å²) in [5.74, 6) is 1.94. The third kappa shape index (κ3) is 3.81. The summed E-state index contributed by atoms with van der Waals surface area (Å²) >= 11 is 0. The summed E-state index contributed by atoms with van der Waals surface area (Å²) in [4.78, 5) is 25.9. The second kappa shape index (κ2) is 7.21. The van der Waals surface area contributed by atoms with E-state index in [1.165, 1.54) is 12.5 Å². The van der Waals surface area contributed by atoms with Gasteiger partial charge in [0.2, 0.25) is 0 Å². The third-order valence-electron chi connectivity index (χ3n) is 4.83. The van der Waals surface area contributed by atoms with Crippen LogP contribution in [0.3, 0.4) is 0 Å². The molecule has 0 aliphatic carbocycles. The number of nitrogens with zero attached hydrogens (tertiary/aromatic N) is 4. The molecule has 3 rings (SSSR count). The quantitative estimate of drug-likeness (QED) is 0.922. The first-order valence-corrected chi connectivity index (χ1v) is 8.85. The molecule has 2 aromatic heterocycles. The highest BCUT2D eigenvalue weighted by atomic mass is 16.2. The second-order valence-corrected chi connectivity index (χ2v) is 7.20. The fourth-order valence-corrected chi connectivity index (χ4v) is 3.51. The topological polar surface area (TPSA) is 83.9 Å². The molecule has 0 saturated carbocycles. The first-order valence-electron chi connectivity index (χ1n) is 8.85. The molecule has 1 aliphatic rings. The number of hydrogen-bond acceptors (Lipinski definition) is 4. The lowest BCUT2D eigenvalue weighted by Gasteiger charge is -2.32. The molecule has 7 nitrogen and oxygen atoms in total. The summed E-state index contributed by atoms with van der Waals surface area (Å²) in [5.41, 5.74) is 1.05. The normalized spacial score (nSPS) is 15.8. The molecular formula is C18H25N5O2. The predicted octanol–water partition coefficient (Wildman–Crippen LogP) is 2.16. The summed E-state index contributed by atoms with van der Waals surface area (Å²) in [6, 6.07) is 2.98. The van der Waals surface area contributed by atoms with Gasteiger partial charge in [0.1, 0.15) is 0 Å². The lowest BCUT2D eigenvalue weighted by molar-refractivity contribution is 0.0680. The van der Waals surface area contributed by atoms with Crippen LogP contribution in [0.5, 0.6) is 0 Å². The predicted molar refractivity (Wildman–Crippen MR) is 94.8 cm³/mol. The summed E-state index contributed by atoms with van der Waals surface area (Å²) in [5, 5.41) is 10.6. The van der Waals surface area contributed by atoms with Crippen LogP contribution in [-0.2, 0) is 0 Å². The minimum Gasteiger partial charge on any atom is -0.339 e. The van der Waals surface area contributed by atoms with Gasteiger partial charge in [-0.2, -0.15) is 10.2 Å². The number of aromatic nitrogens is 4. The Morgan fingerprint density at radius 2 is 2.04 bits per heavy atom. The zero-order valence-electron chi connectivity index (χ0n) is 15.0. The molecule has 0 radical (unpaired) electrons. The Morgan fingerprint density at radius 1 is 1.32 bits per heavy atom. The first kappa shape index (κ1) is 17.4. The monoisotopic (exact) mass is 343 g/mol. The van der Waals surface area contributed by atoms with Crippen molar-refractivity contribution in [3.05, 3.63) is 39.9 Å². The maximum Gasteiger partial charge on any atom is 0.264 e. The summed E-state index contributed by atoms with van der Waals surface area (Å²) < 4.78 is 1.58. The number of aromatic amines is 1. The molecule has 1 fully saturated rings.